The number of nitrogens with zero attached hydrogens (tertiary/aromatic N) is 3. The molecule has 0 radical (unpaired) electrons. The molecule has 0 bridgehead atoms. The maximum atomic E-state index is 8.99. The van der Waals surface area contributed by atoms with Crippen molar-refractivity contribution in [3.63, 3.8) is 0 Å². The third kappa shape index (κ3) is 3.66. The Morgan fingerprint density at radius 2 is 2.32 bits per heavy atom. The monoisotopic (exact) mass is 278 g/mol. The molecule has 19 heavy (non-hydrogen) atoms. The quantitative estimate of drug-likeness (QED) is 0.810. The minimum absolute atomic E-state index is 0.0216. The van der Waals surface area contributed by atoms with Crippen molar-refractivity contribution in [3.8, 4) is 0 Å². The zero-order valence-corrected chi connectivity index (χ0v) is 9.46. The van der Waals surface area contributed by atoms with Gasteiger partial charge in [-0.3, -0.25) is 4.68 Å². The van der Waals surface area contributed by atoms with Crippen LogP contribution in [0.4, 0.5) is 0 Å². The van der Waals surface area contributed by atoms with Crippen molar-refractivity contribution in [2.24, 2.45) is 6.98 Å². The SMILES string of the molecule is [2H]c1nn(C([2H])([2H])[2H])c(C([2H])(OCC([2H])([2H])N(C([2H])([2H])[2H])C([2H])([2H])[2H])c2c([2H])c([2H])c([2H])c([2H])c2[2H])c1[2H]. The summed E-state index contributed by atoms with van der Waals surface area (Å²) in [4.78, 5) is -0.534. The molecule has 2 rings (SSSR count). The van der Waals surface area contributed by atoms with Crippen LogP contribution >= 0.6 is 0 Å². The van der Waals surface area contributed by atoms with Gasteiger partial charge in [0.1, 0.15) is 6.08 Å². The number of aryl methyl sites for hydroxylation is 1. The zero-order valence-electron chi connectivity index (χ0n) is 28.5. The van der Waals surface area contributed by atoms with Gasteiger partial charge < -0.3 is 9.64 Å². The van der Waals surface area contributed by atoms with Crippen LogP contribution < -0.4 is 0 Å². The average molecular weight is 278 g/mol. The van der Waals surface area contributed by atoms with Gasteiger partial charge in [0, 0.05) is 34.7 Å². The molecule has 0 saturated carbocycles. The van der Waals surface area contributed by atoms with E-state index < -0.39 is 98.7 Å². The number of hydrogen-bond donors (Lipinski definition) is 0. The molecule has 1 unspecified atom stereocenters. The van der Waals surface area contributed by atoms with Crippen LogP contribution in [0, 0.1) is 0 Å². The van der Waals surface area contributed by atoms with E-state index in [1.54, 1.807) is 0 Å². The molecule has 0 amide bonds. The molecular formula is C15H21N3O. The molecule has 0 fully saturated rings. The summed E-state index contributed by atoms with van der Waals surface area (Å²) in [6.07, 6.45) is -4.44. The molecule has 2 aromatic rings. The first-order valence-corrected chi connectivity index (χ1v) is 4.89. The van der Waals surface area contributed by atoms with E-state index in [0.717, 1.165) is 0 Å². The summed E-state index contributed by atoms with van der Waals surface area (Å²) < 4.78 is 154. The first-order chi connectivity index (χ1) is 16.8. The summed E-state index contributed by atoms with van der Waals surface area (Å²) in [6.45, 7) is -15.6. The molecular weight excluding hydrogens is 238 g/mol. The first-order valence-electron chi connectivity index (χ1n) is 14.4. The van der Waals surface area contributed by atoms with Gasteiger partial charge in [0.2, 0.25) is 0 Å². The van der Waals surface area contributed by atoms with Crippen LogP contribution in [0.15, 0.2) is 42.4 Å². The smallest absolute Gasteiger partial charge is 0.124 e. The molecule has 102 valence electrons. The highest BCUT2D eigenvalue weighted by atomic mass is 16.5. The van der Waals surface area contributed by atoms with Crippen molar-refractivity contribution >= 4 is 0 Å². The van der Waals surface area contributed by atoms with Crippen molar-refractivity contribution < 1.29 is 30.8 Å². The standard InChI is InChI=1S/C15H21N3O/c1-17(2)11-12-19-15(13-7-5-4-6-8-13)14-9-10-16-18(14)3/h4-10,15H,11-12H2,1-3H3/i1D3,2D3,3D3,4D,5D,6D,7D,8D,9D,10D,11D2,15D. The van der Waals surface area contributed by atoms with Crippen molar-refractivity contribution in [2.45, 2.75) is 6.08 Å². The lowest BCUT2D eigenvalue weighted by Gasteiger charge is -2.20. The van der Waals surface area contributed by atoms with Crippen LogP contribution in [0.25, 0.3) is 0 Å². The number of rotatable bonds is 6. The van der Waals surface area contributed by atoms with Gasteiger partial charge in [0.05, 0.1) is 23.3 Å². The Labute approximate surface area is 141 Å². The van der Waals surface area contributed by atoms with Crippen molar-refractivity contribution in [1.82, 2.24) is 14.7 Å². The van der Waals surface area contributed by atoms with E-state index in [1.165, 1.54) is 0 Å². The molecule has 0 aliphatic heterocycles. The van der Waals surface area contributed by atoms with E-state index in [9.17, 15) is 0 Å². The van der Waals surface area contributed by atoms with Crippen LogP contribution in [0.1, 0.15) is 43.4 Å². The summed E-state index contributed by atoms with van der Waals surface area (Å²) in [5.41, 5.74) is -2.29. The zero-order chi connectivity index (χ0) is 30.0. The Bertz CT molecular complexity index is 1170. The number of benzene rings is 1. The third-order valence-electron chi connectivity index (χ3n) is 1.92. The maximum Gasteiger partial charge on any atom is 0.124 e. The second-order valence-corrected chi connectivity index (χ2v) is 3.11. The highest BCUT2D eigenvalue weighted by Crippen LogP contribution is 2.25. The third-order valence-corrected chi connectivity index (χ3v) is 1.92. The van der Waals surface area contributed by atoms with Gasteiger partial charge >= 0.3 is 0 Å². The van der Waals surface area contributed by atoms with Crippen LogP contribution in [0.3, 0.4) is 0 Å². The molecule has 1 aromatic carbocycles. The van der Waals surface area contributed by atoms with Crippen molar-refractivity contribution in [1.29, 1.82) is 0 Å². The second kappa shape index (κ2) is 6.50. The second-order valence-electron chi connectivity index (χ2n) is 3.11. The van der Waals surface area contributed by atoms with E-state index >= 15 is 0 Å². The Morgan fingerprint density at radius 1 is 1.47 bits per heavy atom. The maximum absolute atomic E-state index is 8.99. The predicted octanol–water partition coefficient (Wildman–Crippen LogP) is 2.09. The van der Waals surface area contributed by atoms with E-state index in [4.69, 9.17) is 30.8 Å². The predicted molar refractivity (Wildman–Crippen MR) is 76.0 cm³/mol. The lowest BCUT2D eigenvalue weighted by Crippen LogP contribution is -2.20. The molecule has 0 aliphatic carbocycles. The number of hydrogen-bond acceptors (Lipinski definition) is 3. The number of aromatic nitrogens is 2. The summed E-state index contributed by atoms with van der Waals surface area (Å²) in [7, 11) is 0. The van der Waals surface area contributed by atoms with Gasteiger partial charge in [-0.2, -0.15) is 5.10 Å². The molecule has 0 N–H and O–H groups in total. The van der Waals surface area contributed by atoms with E-state index in [2.05, 4.69) is 5.10 Å². The highest BCUT2D eigenvalue weighted by Gasteiger charge is 2.17. The fraction of sp³-hybridized carbons (Fsp3) is 0.400. The Morgan fingerprint density at radius 3 is 3.05 bits per heavy atom. The lowest BCUT2D eigenvalue weighted by atomic mass is 10.1. The van der Waals surface area contributed by atoms with Gasteiger partial charge in [-0.15, -0.1) is 0 Å². The van der Waals surface area contributed by atoms with Crippen molar-refractivity contribution in [3.05, 3.63) is 53.7 Å². The van der Waals surface area contributed by atoms with Crippen LogP contribution in [-0.2, 0) is 11.7 Å². The molecule has 1 heterocycles. The minimum Gasteiger partial charge on any atom is -0.366 e. The molecule has 1 aromatic heterocycles. The Hall–Kier alpha value is -1.65. The van der Waals surface area contributed by atoms with Crippen LogP contribution in [-0.4, -0.2) is 41.7 Å². The van der Waals surface area contributed by atoms with Gasteiger partial charge in [0.25, 0.3) is 0 Å². The van der Waals surface area contributed by atoms with E-state index in [0.29, 0.717) is 0 Å². The first kappa shape index (κ1) is 3.32. The molecule has 0 aliphatic rings. The van der Waals surface area contributed by atoms with Crippen molar-refractivity contribution in [2.75, 3.05) is 27.1 Å². The van der Waals surface area contributed by atoms with E-state index in [-0.39, 0.29) is 4.68 Å². The molecule has 4 nitrogen and oxygen atoms in total. The van der Waals surface area contributed by atoms with Gasteiger partial charge in [0.15, 0.2) is 0 Å². The molecule has 1 atom stereocenters. The van der Waals surface area contributed by atoms with E-state index in [1.807, 2.05) is 0 Å². The Kier molecular flexibility index (Phi) is 1.14. The lowest BCUT2D eigenvalue weighted by molar-refractivity contribution is 0.0638. The topological polar surface area (TPSA) is 30.3 Å². The number of ether oxygens (including phenoxy) is 1. The fourth-order valence-electron chi connectivity index (χ4n) is 1.18. The summed E-state index contributed by atoms with van der Waals surface area (Å²) in [6, 6.07) is -6.32. The summed E-state index contributed by atoms with van der Waals surface area (Å²) in [5, 5.41) is 3.35. The fourth-order valence-corrected chi connectivity index (χ4v) is 1.18. The highest BCUT2D eigenvalue weighted by molar-refractivity contribution is 5.25. The molecule has 4 heteroatoms. The molecule has 0 saturated heterocycles. The van der Waals surface area contributed by atoms with Gasteiger partial charge in [-0.05, 0) is 25.6 Å². The largest absolute Gasteiger partial charge is 0.366 e. The summed E-state index contributed by atoms with van der Waals surface area (Å²) in [5.74, 6) is 0. The van der Waals surface area contributed by atoms with Gasteiger partial charge in [-0.25, -0.2) is 0 Å². The minimum atomic E-state index is -3.59. The van der Waals surface area contributed by atoms with Gasteiger partial charge in [-0.1, -0.05) is 30.2 Å². The number of likely N-dealkylation sites (N-methyl/N-ethyl adjacent to an activating group) is 1. The molecule has 0 spiro atoms. The Balaban J connectivity index is 2.94. The summed E-state index contributed by atoms with van der Waals surface area (Å²) >= 11 is 0. The van der Waals surface area contributed by atoms with Crippen LogP contribution in [0.5, 0.6) is 0 Å². The normalized spacial score (nSPS) is 31.7. The average Bonchev–Trinajstić information content (AvgIpc) is 3.02. The van der Waals surface area contributed by atoms with Crippen LogP contribution in [0.2, 0.25) is 0 Å².